The number of methoxy groups -OCH3 is 1. The van der Waals surface area contributed by atoms with E-state index in [1.165, 1.54) is 0 Å². The van der Waals surface area contributed by atoms with Crippen LogP contribution in [0.1, 0.15) is 17.4 Å². The van der Waals surface area contributed by atoms with Crippen molar-refractivity contribution in [3.63, 3.8) is 0 Å². The van der Waals surface area contributed by atoms with E-state index in [1.54, 1.807) is 31.9 Å². The van der Waals surface area contributed by atoms with Gasteiger partial charge in [-0.2, -0.15) is 5.10 Å². The first-order valence-electron chi connectivity index (χ1n) is 5.70. The summed E-state index contributed by atoms with van der Waals surface area (Å²) >= 11 is 3.48. The highest BCUT2D eigenvalue weighted by Gasteiger charge is 2.22. The van der Waals surface area contributed by atoms with Crippen LogP contribution in [0, 0.1) is 0 Å². The Morgan fingerprint density at radius 1 is 1.47 bits per heavy atom. The van der Waals surface area contributed by atoms with Crippen LogP contribution in [0.5, 0.6) is 0 Å². The fourth-order valence-electron chi connectivity index (χ4n) is 1.78. The van der Waals surface area contributed by atoms with Crippen molar-refractivity contribution in [3.8, 4) is 0 Å². The Morgan fingerprint density at radius 3 is 2.95 bits per heavy atom. The molecular formula is C11H15BrN6O. The average Bonchev–Trinajstić information content (AvgIpc) is 2.80. The lowest BCUT2D eigenvalue weighted by Gasteiger charge is -2.17. The predicted molar refractivity (Wildman–Crippen MR) is 73.0 cm³/mol. The molecule has 19 heavy (non-hydrogen) atoms. The number of ether oxygens (including phenoxy) is 1. The van der Waals surface area contributed by atoms with Gasteiger partial charge in [-0.05, 0) is 15.9 Å². The van der Waals surface area contributed by atoms with Crippen LogP contribution in [0.3, 0.4) is 0 Å². The molecule has 0 aromatic carbocycles. The minimum Gasteiger partial charge on any atom is -0.383 e. The molecule has 0 fully saturated rings. The lowest BCUT2D eigenvalue weighted by Crippen LogP contribution is -2.32. The van der Waals surface area contributed by atoms with Gasteiger partial charge >= 0.3 is 0 Å². The van der Waals surface area contributed by atoms with Crippen LogP contribution in [0.4, 0.5) is 0 Å². The van der Waals surface area contributed by atoms with Crippen molar-refractivity contribution in [3.05, 3.63) is 40.6 Å². The van der Waals surface area contributed by atoms with Crippen molar-refractivity contribution in [2.24, 2.45) is 5.84 Å². The van der Waals surface area contributed by atoms with E-state index in [1.807, 2.05) is 4.68 Å². The van der Waals surface area contributed by atoms with E-state index in [9.17, 15) is 0 Å². The summed E-state index contributed by atoms with van der Waals surface area (Å²) in [5.41, 5.74) is 4.36. The Kier molecular flexibility index (Phi) is 4.97. The fraction of sp³-hybridized carbons (Fsp3) is 0.364. The molecule has 0 aliphatic carbocycles. The van der Waals surface area contributed by atoms with E-state index >= 15 is 0 Å². The van der Waals surface area contributed by atoms with Crippen molar-refractivity contribution in [2.75, 3.05) is 13.7 Å². The normalized spacial score (nSPS) is 12.6. The molecule has 1 unspecified atom stereocenters. The minimum atomic E-state index is -0.289. The monoisotopic (exact) mass is 326 g/mol. The van der Waals surface area contributed by atoms with Gasteiger partial charge in [-0.25, -0.2) is 5.43 Å². The van der Waals surface area contributed by atoms with Crippen LogP contribution >= 0.6 is 15.9 Å². The summed E-state index contributed by atoms with van der Waals surface area (Å²) in [6.07, 6.45) is 6.65. The van der Waals surface area contributed by atoms with Gasteiger partial charge in [0.25, 0.3) is 0 Å². The number of rotatable bonds is 6. The van der Waals surface area contributed by atoms with E-state index in [-0.39, 0.29) is 6.04 Å². The first-order valence-corrected chi connectivity index (χ1v) is 6.49. The molecule has 8 heteroatoms. The number of hydrogen-bond donors (Lipinski definition) is 2. The quantitative estimate of drug-likeness (QED) is 0.597. The highest BCUT2D eigenvalue weighted by molar-refractivity contribution is 9.10. The molecule has 2 rings (SSSR count). The molecule has 2 heterocycles. The maximum Gasteiger partial charge on any atom is 0.108 e. The molecule has 2 aromatic rings. The number of nitrogens with zero attached hydrogens (tertiary/aromatic N) is 4. The Balaban J connectivity index is 2.35. The highest BCUT2D eigenvalue weighted by Crippen LogP contribution is 2.26. The third-order valence-corrected chi connectivity index (χ3v) is 3.27. The van der Waals surface area contributed by atoms with Crippen LogP contribution < -0.4 is 11.3 Å². The molecule has 0 saturated carbocycles. The SMILES string of the molecule is COCCn1ncc(Br)c1C(NN)c1cnccn1. The lowest BCUT2D eigenvalue weighted by molar-refractivity contribution is 0.182. The largest absolute Gasteiger partial charge is 0.383 e. The molecule has 0 saturated heterocycles. The van der Waals surface area contributed by atoms with Gasteiger partial charge in [-0.1, -0.05) is 0 Å². The average molecular weight is 327 g/mol. The Morgan fingerprint density at radius 2 is 2.32 bits per heavy atom. The summed E-state index contributed by atoms with van der Waals surface area (Å²) in [4.78, 5) is 8.33. The summed E-state index contributed by atoms with van der Waals surface area (Å²) < 4.78 is 7.76. The molecule has 7 nitrogen and oxygen atoms in total. The van der Waals surface area contributed by atoms with Gasteiger partial charge in [-0.3, -0.25) is 20.5 Å². The van der Waals surface area contributed by atoms with Gasteiger partial charge < -0.3 is 4.74 Å². The predicted octanol–water partition coefficient (Wildman–Crippen LogP) is 0.635. The van der Waals surface area contributed by atoms with Crippen molar-refractivity contribution in [1.29, 1.82) is 0 Å². The van der Waals surface area contributed by atoms with Crippen molar-refractivity contribution >= 4 is 15.9 Å². The summed E-state index contributed by atoms with van der Waals surface area (Å²) in [7, 11) is 1.65. The molecule has 0 bridgehead atoms. The zero-order valence-corrected chi connectivity index (χ0v) is 12.0. The van der Waals surface area contributed by atoms with Crippen LogP contribution in [0.2, 0.25) is 0 Å². The second-order valence-electron chi connectivity index (χ2n) is 3.82. The van der Waals surface area contributed by atoms with E-state index in [0.29, 0.717) is 13.2 Å². The molecule has 0 aliphatic heterocycles. The number of nitrogens with one attached hydrogen (secondary N) is 1. The molecule has 0 spiro atoms. The second-order valence-corrected chi connectivity index (χ2v) is 4.68. The molecular weight excluding hydrogens is 312 g/mol. The van der Waals surface area contributed by atoms with Crippen molar-refractivity contribution in [1.82, 2.24) is 25.2 Å². The third kappa shape index (κ3) is 3.16. The summed E-state index contributed by atoms with van der Waals surface area (Å²) in [6.45, 7) is 1.20. The van der Waals surface area contributed by atoms with Crippen LogP contribution in [-0.2, 0) is 11.3 Å². The van der Waals surface area contributed by atoms with E-state index in [4.69, 9.17) is 10.6 Å². The van der Waals surface area contributed by atoms with E-state index < -0.39 is 0 Å². The van der Waals surface area contributed by atoms with Crippen LogP contribution in [-0.4, -0.2) is 33.5 Å². The lowest BCUT2D eigenvalue weighted by atomic mass is 10.1. The summed E-state index contributed by atoms with van der Waals surface area (Å²) in [5.74, 6) is 5.65. The molecule has 102 valence electrons. The van der Waals surface area contributed by atoms with Crippen molar-refractivity contribution in [2.45, 2.75) is 12.6 Å². The Hall–Kier alpha value is -1.35. The maximum absolute atomic E-state index is 5.65. The zero-order valence-electron chi connectivity index (χ0n) is 10.5. The highest BCUT2D eigenvalue weighted by atomic mass is 79.9. The number of halogens is 1. The second kappa shape index (κ2) is 6.71. The maximum atomic E-state index is 5.65. The van der Waals surface area contributed by atoms with Gasteiger partial charge in [0.1, 0.15) is 6.04 Å². The van der Waals surface area contributed by atoms with Gasteiger partial charge in [0.05, 0.1) is 41.4 Å². The Bertz CT molecular complexity index is 517. The first kappa shape index (κ1) is 14.1. The number of hydrogen-bond acceptors (Lipinski definition) is 6. The van der Waals surface area contributed by atoms with Crippen LogP contribution in [0.25, 0.3) is 0 Å². The number of hydrazine groups is 1. The topological polar surface area (TPSA) is 90.9 Å². The van der Waals surface area contributed by atoms with Gasteiger partial charge in [0.2, 0.25) is 0 Å². The number of aromatic nitrogens is 4. The number of nitrogens with two attached hydrogens (primary N) is 1. The standard InChI is InChI=1S/C11H15BrN6O/c1-19-5-4-18-11(8(12)6-16-18)10(17-13)9-7-14-2-3-15-9/h2-3,6-7,10,17H,4-5,13H2,1H3. The van der Waals surface area contributed by atoms with Gasteiger partial charge in [0.15, 0.2) is 0 Å². The minimum absolute atomic E-state index is 0.289. The fourth-order valence-corrected chi connectivity index (χ4v) is 2.30. The zero-order chi connectivity index (χ0) is 13.7. The van der Waals surface area contributed by atoms with E-state index in [2.05, 4.69) is 36.4 Å². The molecule has 1 atom stereocenters. The van der Waals surface area contributed by atoms with Crippen LogP contribution in [0.15, 0.2) is 29.3 Å². The third-order valence-electron chi connectivity index (χ3n) is 2.66. The van der Waals surface area contributed by atoms with Gasteiger partial charge in [-0.15, -0.1) is 0 Å². The van der Waals surface area contributed by atoms with E-state index in [0.717, 1.165) is 15.9 Å². The molecule has 2 aromatic heterocycles. The Labute approximate surface area is 119 Å². The smallest absolute Gasteiger partial charge is 0.108 e. The molecule has 0 aliphatic rings. The molecule has 0 radical (unpaired) electrons. The summed E-state index contributed by atoms with van der Waals surface area (Å²) in [5, 5.41) is 4.29. The van der Waals surface area contributed by atoms with Crippen molar-refractivity contribution < 1.29 is 4.74 Å². The molecule has 3 N–H and O–H groups in total. The molecule has 0 amide bonds. The van der Waals surface area contributed by atoms with Gasteiger partial charge in [0, 0.05) is 19.5 Å². The summed E-state index contributed by atoms with van der Waals surface area (Å²) in [6, 6.07) is -0.289. The first-order chi connectivity index (χ1) is 9.27.